The van der Waals surface area contributed by atoms with E-state index in [9.17, 15) is 24.2 Å². The number of anilines is 1. The second-order valence-corrected chi connectivity index (χ2v) is 6.67. The minimum atomic E-state index is -1.41. The number of carbonyl (C=O) groups excluding carboxylic acids is 1. The topological polar surface area (TPSA) is 114 Å². The fourth-order valence-corrected chi connectivity index (χ4v) is 3.06. The first-order valence-electron chi connectivity index (χ1n) is 8.37. The molecule has 1 saturated heterocycles. The summed E-state index contributed by atoms with van der Waals surface area (Å²) in [6.45, 7) is 5.17. The number of nitrogens with one attached hydrogen (secondary N) is 1. The number of aliphatic hydroxyl groups is 2. The Balaban J connectivity index is 1.87. The highest BCUT2D eigenvalue weighted by atomic mass is 19.1. The monoisotopic (exact) mass is 377 g/mol. The van der Waals surface area contributed by atoms with Crippen LogP contribution in [0.1, 0.15) is 34.6 Å². The number of carbonyl (C=O) groups is 1. The number of amides is 1. The second-order valence-electron chi connectivity index (χ2n) is 6.67. The van der Waals surface area contributed by atoms with Crippen molar-refractivity contribution in [2.75, 3.05) is 5.32 Å². The van der Waals surface area contributed by atoms with Gasteiger partial charge in [-0.3, -0.25) is 9.36 Å². The highest BCUT2D eigenvalue weighted by Crippen LogP contribution is 2.28. The van der Waals surface area contributed by atoms with E-state index in [1.54, 1.807) is 12.1 Å². The number of aliphatic hydroxyl groups excluding tert-OH is 2. The predicted octanol–water partition coefficient (Wildman–Crippen LogP) is 0.891. The second kappa shape index (κ2) is 7.18. The minimum Gasteiger partial charge on any atom is -0.388 e. The Morgan fingerprint density at radius 1 is 1.22 bits per heavy atom. The smallest absolute Gasteiger partial charge is 0.351 e. The van der Waals surface area contributed by atoms with Gasteiger partial charge < -0.3 is 20.3 Å². The lowest BCUT2D eigenvalue weighted by molar-refractivity contribution is -0.0355. The molecular formula is C18H20FN3O5. The van der Waals surface area contributed by atoms with Crippen molar-refractivity contribution < 1.29 is 24.1 Å². The number of benzene rings is 1. The Labute approximate surface area is 154 Å². The molecule has 0 spiro atoms. The molecule has 2 aromatic rings. The summed E-state index contributed by atoms with van der Waals surface area (Å²) in [5, 5.41) is 22.0. The van der Waals surface area contributed by atoms with Gasteiger partial charge in [0.1, 0.15) is 12.2 Å². The summed E-state index contributed by atoms with van der Waals surface area (Å²) >= 11 is 0. The molecule has 0 bridgehead atoms. The summed E-state index contributed by atoms with van der Waals surface area (Å²) in [5.41, 5.74) is 1.11. The molecule has 1 aromatic heterocycles. The molecule has 1 aliphatic rings. The van der Waals surface area contributed by atoms with Gasteiger partial charge in [0.25, 0.3) is 5.91 Å². The fourth-order valence-electron chi connectivity index (χ4n) is 3.06. The van der Waals surface area contributed by atoms with Gasteiger partial charge in [-0.25, -0.2) is 9.18 Å². The third kappa shape index (κ3) is 3.75. The highest BCUT2D eigenvalue weighted by molar-refractivity contribution is 6.04. The van der Waals surface area contributed by atoms with Crippen LogP contribution in [0.25, 0.3) is 0 Å². The average molecular weight is 377 g/mol. The van der Waals surface area contributed by atoms with Gasteiger partial charge in [-0.2, -0.15) is 4.98 Å². The Kier molecular flexibility index (Phi) is 5.09. The maximum absolute atomic E-state index is 14.4. The van der Waals surface area contributed by atoms with Gasteiger partial charge in [-0.15, -0.1) is 0 Å². The van der Waals surface area contributed by atoms with Crippen molar-refractivity contribution >= 4 is 11.7 Å². The molecule has 27 heavy (non-hydrogen) atoms. The van der Waals surface area contributed by atoms with Crippen molar-refractivity contribution in [2.24, 2.45) is 0 Å². The lowest BCUT2D eigenvalue weighted by atomic mass is 10.1. The number of nitrogens with zero attached hydrogens (tertiary/aromatic N) is 2. The van der Waals surface area contributed by atoms with Crippen molar-refractivity contribution in [3.63, 3.8) is 0 Å². The average Bonchev–Trinajstić information content (AvgIpc) is 2.84. The first-order valence-corrected chi connectivity index (χ1v) is 8.37. The Bertz CT molecular complexity index is 925. The van der Waals surface area contributed by atoms with Crippen LogP contribution in [-0.4, -0.2) is 44.0 Å². The van der Waals surface area contributed by atoms with E-state index in [1.807, 2.05) is 19.9 Å². The molecule has 0 unspecified atom stereocenters. The molecule has 1 aromatic carbocycles. The molecule has 2 heterocycles. The molecule has 8 nitrogen and oxygen atoms in total. The maximum Gasteiger partial charge on any atom is 0.351 e. The van der Waals surface area contributed by atoms with E-state index in [0.29, 0.717) is 5.56 Å². The molecule has 3 rings (SSSR count). The number of hydrogen-bond acceptors (Lipinski definition) is 6. The van der Waals surface area contributed by atoms with Gasteiger partial charge in [0.2, 0.25) is 0 Å². The van der Waals surface area contributed by atoms with Crippen molar-refractivity contribution in [2.45, 2.75) is 45.3 Å². The molecule has 1 amide bonds. The number of halogens is 1. The van der Waals surface area contributed by atoms with E-state index in [4.69, 9.17) is 4.74 Å². The SMILES string of the molecule is Cc1cc(C)cc(C(=O)Nc2nc(=O)n([C@@H]3O[C@H](C)[C@@H](O)[C@H]3O)cc2F)c1. The zero-order chi connectivity index (χ0) is 19.9. The van der Waals surface area contributed by atoms with Gasteiger partial charge in [-0.1, -0.05) is 17.2 Å². The van der Waals surface area contributed by atoms with Crippen LogP contribution in [0.15, 0.2) is 29.2 Å². The van der Waals surface area contributed by atoms with Crippen LogP contribution in [0.3, 0.4) is 0 Å². The van der Waals surface area contributed by atoms with Gasteiger partial charge in [0.05, 0.1) is 12.3 Å². The molecule has 9 heteroatoms. The van der Waals surface area contributed by atoms with Crippen LogP contribution in [0.5, 0.6) is 0 Å². The van der Waals surface area contributed by atoms with Crippen LogP contribution in [0, 0.1) is 19.7 Å². The van der Waals surface area contributed by atoms with E-state index in [2.05, 4.69) is 10.3 Å². The molecule has 0 aliphatic carbocycles. The molecule has 3 N–H and O–H groups in total. The van der Waals surface area contributed by atoms with Gasteiger partial charge in [0, 0.05) is 5.56 Å². The summed E-state index contributed by atoms with van der Waals surface area (Å²) in [7, 11) is 0. The van der Waals surface area contributed by atoms with Crippen molar-refractivity contribution in [1.29, 1.82) is 0 Å². The summed E-state index contributed by atoms with van der Waals surface area (Å²) in [6, 6.07) is 5.15. The lowest BCUT2D eigenvalue weighted by Crippen LogP contribution is -2.36. The number of aromatic nitrogens is 2. The number of rotatable bonds is 3. The Morgan fingerprint density at radius 2 is 1.85 bits per heavy atom. The molecular weight excluding hydrogens is 357 g/mol. The molecule has 144 valence electrons. The summed E-state index contributed by atoms with van der Waals surface area (Å²) in [5.74, 6) is -2.11. The third-order valence-corrected chi connectivity index (χ3v) is 4.37. The number of hydrogen-bond donors (Lipinski definition) is 3. The largest absolute Gasteiger partial charge is 0.388 e. The normalized spacial score (nSPS) is 24.8. The molecule has 0 radical (unpaired) electrons. The summed E-state index contributed by atoms with van der Waals surface area (Å²) in [6.07, 6.45) is -3.84. The fraction of sp³-hybridized carbons (Fsp3) is 0.389. The summed E-state index contributed by atoms with van der Waals surface area (Å²) < 4.78 is 20.4. The molecule has 1 fully saturated rings. The zero-order valence-electron chi connectivity index (χ0n) is 15.0. The van der Waals surface area contributed by atoms with E-state index >= 15 is 0 Å². The quantitative estimate of drug-likeness (QED) is 0.732. The Hall–Kier alpha value is -2.62. The molecule has 4 atom stereocenters. The summed E-state index contributed by atoms with van der Waals surface area (Å²) in [4.78, 5) is 28.1. The van der Waals surface area contributed by atoms with Crippen LogP contribution in [-0.2, 0) is 4.74 Å². The van der Waals surface area contributed by atoms with Crippen molar-refractivity contribution in [1.82, 2.24) is 9.55 Å². The first-order chi connectivity index (χ1) is 12.7. The van der Waals surface area contributed by atoms with E-state index < -0.39 is 47.8 Å². The van der Waals surface area contributed by atoms with Crippen LogP contribution < -0.4 is 11.0 Å². The predicted molar refractivity (Wildman–Crippen MR) is 93.9 cm³/mol. The minimum absolute atomic E-state index is 0.310. The molecule has 0 saturated carbocycles. The van der Waals surface area contributed by atoms with E-state index in [1.165, 1.54) is 6.92 Å². The van der Waals surface area contributed by atoms with Crippen molar-refractivity contribution in [3.8, 4) is 0 Å². The first kappa shape index (κ1) is 19.2. The van der Waals surface area contributed by atoms with Crippen molar-refractivity contribution in [3.05, 3.63) is 57.4 Å². The van der Waals surface area contributed by atoms with Gasteiger partial charge >= 0.3 is 5.69 Å². The Morgan fingerprint density at radius 3 is 2.41 bits per heavy atom. The lowest BCUT2D eigenvalue weighted by Gasteiger charge is -2.17. The van der Waals surface area contributed by atoms with Crippen LogP contribution in [0.2, 0.25) is 0 Å². The highest BCUT2D eigenvalue weighted by Gasteiger charge is 2.42. The van der Waals surface area contributed by atoms with Gasteiger partial charge in [-0.05, 0) is 32.9 Å². The third-order valence-electron chi connectivity index (χ3n) is 4.37. The van der Waals surface area contributed by atoms with Crippen LogP contribution in [0.4, 0.5) is 10.2 Å². The number of aryl methyl sites for hydroxylation is 2. The maximum atomic E-state index is 14.4. The standard InChI is InChI=1S/C18H20FN3O5/c1-8-4-9(2)6-11(5-8)16(25)20-15-12(19)7-22(18(26)21-15)17-14(24)13(23)10(3)27-17/h4-7,10,13-14,17,23-24H,1-3H3,(H,20,21,25,26)/t10-,13-,14-,17-/m1/s1. The van der Waals surface area contributed by atoms with Crippen LogP contribution >= 0.6 is 0 Å². The zero-order valence-corrected chi connectivity index (χ0v) is 15.0. The number of ether oxygens (including phenoxy) is 1. The van der Waals surface area contributed by atoms with E-state index in [0.717, 1.165) is 21.9 Å². The molecule has 1 aliphatic heterocycles. The van der Waals surface area contributed by atoms with E-state index in [-0.39, 0.29) is 0 Å². The van der Waals surface area contributed by atoms with Gasteiger partial charge in [0.15, 0.2) is 17.9 Å².